The fraction of sp³-hybridized carbons (Fsp3) is 1.00. The molecule has 8 heavy (non-hydrogen) atoms. The molecule has 0 aromatic carbocycles. The smallest absolute Gasteiger partial charge is 0.129 e. The van der Waals surface area contributed by atoms with Crippen LogP contribution in [-0.4, -0.2) is 13.6 Å². The van der Waals surface area contributed by atoms with Gasteiger partial charge in [0.1, 0.15) is 9.84 Å². The first kappa shape index (κ1) is 9.88. The number of halogens is 4. The molecule has 0 aliphatic rings. The molecule has 0 aromatic rings. The van der Waals surface area contributed by atoms with E-state index in [1.807, 2.05) is 0 Å². The predicted octanol–water partition coefficient (Wildman–Crippen LogP) is 3.02. The van der Waals surface area contributed by atoms with Crippen LogP contribution in [0, 0.1) is 0 Å². The molecule has 1 nitrogen and oxygen atoms in total. The van der Waals surface area contributed by atoms with Crippen LogP contribution < -0.4 is 0 Å². The van der Waals surface area contributed by atoms with Gasteiger partial charge in [0.05, 0.1) is 3.74 Å². The van der Waals surface area contributed by atoms with Crippen LogP contribution in [-0.2, 0) is 5.11 Å². The maximum Gasteiger partial charge on any atom is 0.129 e. The van der Waals surface area contributed by atoms with Gasteiger partial charge in [0, 0.05) is 0 Å². The van der Waals surface area contributed by atoms with Crippen molar-refractivity contribution in [2.75, 3.05) is 6.61 Å². The summed E-state index contributed by atoms with van der Waals surface area (Å²) in [5.74, 6) is 0. The van der Waals surface area contributed by atoms with E-state index in [-0.39, 0.29) is 10.3 Å². The van der Waals surface area contributed by atoms with Crippen LogP contribution in [0.25, 0.3) is 0 Å². The van der Waals surface area contributed by atoms with Gasteiger partial charge < -0.3 is 0 Å². The lowest BCUT2D eigenvalue weighted by atomic mass is 10.5. The minimum atomic E-state index is -0.556. The van der Waals surface area contributed by atoms with Crippen LogP contribution in [0.3, 0.4) is 0 Å². The Morgan fingerprint density at radius 1 is 1.38 bits per heavy atom. The van der Waals surface area contributed by atoms with Gasteiger partial charge in [-0.05, 0) is 0 Å². The average molecular weight is 375 g/mol. The molecule has 0 bridgehead atoms. The van der Waals surface area contributed by atoms with Crippen molar-refractivity contribution in [3.8, 4) is 0 Å². The Hall–Kier alpha value is 1.88. The summed E-state index contributed by atoms with van der Waals surface area (Å²) in [6.07, 6.45) is 0. The Balaban J connectivity index is 3.71. The van der Waals surface area contributed by atoms with E-state index in [2.05, 4.69) is 63.7 Å². The zero-order valence-electron chi connectivity index (χ0n) is 3.70. The van der Waals surface area contributed by atoms with Crippen molar-refractivity contribution < 1.29 is 5.11 Å². The van der Waals surface area contributed by atoms with E-state index in [0.29, 0.717) is 0 Å². The van der Waals surface area contributed by atoms with Crippen molar-refractivity contribution in [2.45, 2.75) is 6.97 Å². The number of rotatable bonds is 2. The highest BCUT2D eigenvalue weighted by Crippen LogP contribution is 2.37. The molecule has 0 fully saturated rings. The molecular weight excluding hydrogens is 372 g/mol. The zero-order chi connectivity index (χ0) is 6.78. The molecule has 0 saturated heterocycles. The van der Waals surface area contributed by atoms with E-state index in [4.69, 9.17) is 0 Å². The molecule has 0 heterocycles. The largest absolute Gasteiger partial charge is 0.234 e. The Bertz CT molecular complexity index is 71.7. The third-order valence-corrected chi connectivity index (χ3v) is 5.91. The first-order chi connectivity index (χ1) is 3.50. The summed E-state index contributed by atoms with van der Waals surface area (Å²) in [6, 6.07) is 0. The number of hydrogen-bond acceptors (Lipinski definition) is 0. The summed E-state index contributed by atoms with van der Waals surface area (Å²) in [7, 11) is 0. The van der Waals surface area contributed by atoms with E-state index in [0.717, 1.165) is 0 Å². The second-order valence-electron chi connectivity index (χ2n) is 1.21. The molecule has 0 saturated carbocycles. The average Bonchev–Trinajstić information content (AvgIpc) is 1.67. The topological polar surface area (TPSA) is 19.9 Å². The van der Waals surface area contributed by atoms with Gasteiger partial charge >= 0.3 is 0 Å². The van der Waals surface area contributed by atoms with E-state index in [9.17, 15) is 5.11 Å². The quantitative estimate of drug-likeness (QED) is 0.662. The molecule has 0 rings (SSSR count). The van der Waals surface area contributed by atoms with Crippen LogP contribution >= 0.6 is 63.7 Å². The number of hydrogen-bond donors (Lipinski definition) is 0. The normalized spacial score (nSPS) is 12.8. The molecule has 0 aromatic heterocycles. The Morgan fingerprint density at radius 2 is 1.75 bits per heavy atom. The maximum absolute atomic E-state index is 10.2. The second-order valence-corrected chi connectivity index (χ2v) is 8.16. The highest BCUT2D eigenvalue weighted by Gasteiger charge is 2.29. The van der Waals surface area contributed by atoms with Gasteiger partial charge in [-0.15, -0.1) is 0 Å². The van der Waals surface area contributed by atoms with Crippen LogP contribution in [0.2, 0.25) is 0 Å². The first-order valence-electron chi connectivity index (χ1n) is 1.75. The first-order valence-corrected chi connectivity index (χ1v) is 5.16. The summed E-state index contributed by atoms with van der Waals surface area (Å²) in [4.78, 5) is 0. The molecule has 0 N–H and O–H groups in total. The maximum atomic E-state index is 10.2. The second kappa shape index (κ2) is 3.91. The van der Waals surface area contributed by atoms with E-state index in [1.54, 1.807) is 0 Å². The fourth-order valence-corrected chi connectivity index (χ4v) is 0.327. The molecule has 0 aliphatic heterocycles. The van der Waals surface area contributed by atoms with Gasteiger partial charge in [-0.2, -0.15) is 0 Å². The summed E-state index contributed by atoms with van der Waals surface area (Å²) in [5, 5.41) is 10.2. The van der Waals surface area contributed by atoms with Gasteiger partial charge in [-0.1, -0.05) is 63.7 Å². The molecule has 0 atom stereocenters. The van der Waals surface area contributed by atoms with Gasteiger partial charge in [0.15, 0.2) is 0 Å². The summed E-state index contributed by atoms with van der Waals surface area (Å²) in [6.45, 7) is -0.228. The summed E-state index contributed by atoms with van der Waals surface area (Å²) >= 11 is 12.7. The molecule has 0 amide bonds. The van der Waals surface area contributed by atoms with Gasteiger partial charge in [-0.25, -0.2) is 5.11 Å². The monoisotopic (exact) mass is 371 g/mol. The van der Waals surface area contributed by atoms with Crippen molar-refractivity contribution in [2.24, 2.45) is 0 Å². The van der Waals surface area contributed by atoms with Crippen molar-refractivity contribution in [1.82, 2.24) is 0 Å². The molecule has 0 aliphatic carbocycles. The van der Waals surface area contributed by atoms with E-state index < -0.39 is 3.23 Å². The Morgan fingerprint density at radius 3 is 1.75 bits per heavy atom. The molecule has 49 valence electrons. The lowest BCUT2D eigenvalue weighted by Crippen LogP contribution is -2.23. The van der Waals surface area contributed by atoms with Crippen LogP contribution in [0.15, 0.2) is 0 Å². The third-order valence-electron chi connectivity index (χ3n) is 0.512. The van der Waals surface area contributed by atoms with Crippen molar-refractivity contribution in [3.63, 3.8) is 0 Å². The van der Waals surface area contributed by atoms with E-state index >= 15 is 0 Å². The van der Waals surface area contributed by atoms with Gasteiger partial charge in [-0.3, -0.25) is 0 Å². The molecule has 5 heteroatoms. The van der Waals surface area contributed by atoms with Crippen LogP contribution in [0.4, 0.5) is 0 Å². The van der Waals surface area contributed by atoms with Crippen molar-refractivity contribution >= 4 is 63.7 Å². The molecular formula is C3H3Br4O. The zero-order valence-corrected chi connectivity index (χ0v) is 10.0. The lowest BCUT2D eigenvalue weighted by Gasteiger charge is -2.16. The van der Waals surface area contributed by atoms with Crippen LogP contribution in [0.5, 0.6) is 0 Å². The van der Waals surface area contributed by atoms with Gasteiger partial charge in [0.25, 0.3) is 0 Å². The Kier molecular flexibility index (Phi) is 4.83. The highest BCUT2D eigenvalue weighted by molar-refractivity contribution is 9.30. The predicted molar refractivity (Wildman–Crippen MR) is 47.8 cm³/mol. The van der Waals surface area contributed by atoms with Crippen molar-refractivity contribution in [3.05, 3.63) is 0 Å². The Labute approximate surface area is 81.7 Å². The minimum absolute atomic E-state index is 0.0417. The van der Waals surface area contributed by atoms with Gasteiger partial charge in [0.2, 0.25) is 0 Å². The SMILES string of the molecule is [O]CC(Br)(Br)C(Br)Br. The van der Waals surface area contributed by atoms with E-state index in [1.165, 1.54) is 0 Å². The lowest BCUT2D eigenvalue weighted by molar-refractivity contribution is 0.193. The standard InChI is InChI=1S/C3H3Br4O/c4-2(5)3(6,7)1-8/h2H,1H2. The van der Waals surface area contributed by atoms with Crippen molar-refractivity contribution in [1.29, 1.82) is 0 Å². The highest BCUT2D eigenvalue weighted by atomic mass is 79.9. The molecule has 0 unspecified atom stereocenters. The minimum Gasteiger partial charge on any atom is -0.234 e. The molecule has 1 radical (unpaired) electrons. The third kappa shape index (κ3) is 3.15. The molecule has 0 spiro atoms. The number of alkyl halides is 4. The fourth-order valence-electron chi connectivity index (χ4n) is 0.0630. The summed E-state index contributed by atoms with van der Waals surface area (Å²) < 4.78 is -0.597. The summed E-state index contributed by atoms with van der Waals surface area (Å²) in [5.41, 5.74) is 0. The van der Waals surface area contributed by atoms with Crippen LogP contribution in [0.1, 0.15) is 0 Å².